The Labute approximate surface area is 398 Å². The van der Waals surface area contributed by atoms with E-state index in [2.05, 4.69) is 0 Å². The van der Waals surface area contributed by atoms with Gasteiger partial charge in [-0.25, -0.2) is 0 Å². The summed E-state index contributed by atoms with van der Waals surface area (Å²) < 4.78 is 36.1. The van der Waals surface area contributed by atoms with Crippen LogP contribution in [0.4, 0.5) is 0 Å². The van der Waals surface area contributed by atoms with E-state index in [4.69, 9.17) is 28.4 Å². The summed E-state index contributed by atoms with van der Waals surface area (Å²) in [6.45, 7) is 4.27. The second-order valence-corrected chi connectivity index (χ2v) is 17.8. The van der Waals surface area contributed by atoms with Gasteiger partial charge >= 0.3 is 0 Å². The minimum absolute atomic E-state index is 0.266. The molecule has 0 atom stereocenters. The van der Waals surface area contributed by atoms with Crippen molar-refractivity contribution in [3.05, 3.63) is 91.0 Å². The Morgan fingerprint density at radius 1 is 0.197 bits per heavy atom. The van der Waals surface area contributed by atoms with Gasteiger partial charge in [-0.3, -0.25) is 0 Å². The zero-order valence-electron chi connectivity index (χ0n) is 40.3. The van der Waals surface area contributed by atoms with Gasteiger partial charge in [0.15, 0.2) is 0 Å². The normalized spacial score (nSPS) is 11.1. The molecule has 0 radical (unpaired) electrons. The predicted molar refractivity (Wildman–Crippen MR) is 268 cm³/mol. The Hall–Kier alpha value is -4.92. The van der Waals surface area contributed by atoms with Gasteiger partial charge in [0.1, 0.15) is 51.7 Å². The third-order valence-corrected chi connectivity index (χ3v) is 11.8. The van der Waals surface area contributed by atoms with Crippen molar-refractivity contribution >= 4 is 0 Å². The summed E-state index contributed by atoms with van der Waals surface area (Å²) in [7, 11) is 0. The molecule has 0 spiro atoms. The van der Waals surface area contributed by atoms with Crippen molar-refractivity contribution in [1.82, 2.24) is 0 Å². The molecule has 9 heteroatoms. The van der Waals surface area contributed by atoms with Crippen molar-refractivity contribution in [2.45, 2.75) is 173 Å². The largest absolute Gasteiger partial charge is 0.508 e. The number of unbranched alkanes of at least 4 members (excludes halogenated alkanes) is 24. The van der Waals surface area contributed by atoms with Crippen molar-refractivity contribution in [2.24, 2.45) is 0 Å². The Morgan fingerprint density at radius 3 is 0.530 bits per heavy atom. The van der Waals surface area contributed by atoms with Crippen LogP contribution in [0.25, 0.3) is 0 Å². The highest BCUT2D eigenvalue weighted by Crippen LogP contribution is 2.29. The van der Waals surface area contributed by atoms with Crippen LogP contribution in [0.5, 0.6) is 51.7 Å². The fourth-order valence-electron chi connectivity index (χ4n) is 7.89. The molecule has 0 fully saturated rings. The van der Waals surface area contributed by atoms with E-state index >= 15 is 0 Å². The summed E-state index contributed by atoms with van der Waals surface area (Å²) in [4.78, 5) is 0. The number of hydrogen-bond donors (Lipinski definition) is 3. The first kappa shape index (κ1) is 53.7. The Bertz CT molecular complexity index is 1510. The smallest absolute Gasteiger partial charge is 0.126 e. The van der Waals surface area contributed by atoms with Gasteiger partial charge < -0.3 is 43.7 Å². The minimum Gasteiger partial charge on any atom is -0.508 e. The molecule has 3 N–H and O–H groups in total. The van der Waals surface area contributed by atoms with E-state index in [1.54, 1.807) is 36.4 Å². The second-order valence-electron chi connectivity index (χ2n) is 17.8. The van der Waals surface area contributed by atoms with Crippen LogP contribution in [-0.4, -0.2) is 55.0 Å². The molecule has 0 unspecified atom stereocenters. The lowest BCUT2D eigenvalue weighted by atomic mass is 10.1. The average molecular weight is 913 g/mol. The molecule has 66 heavy (non-hydrogen) atoms. The Balaban J connectivity index is 1.02. The third-order valence-electron chi connectivity index (χ3n) is 11.8. The summed E-state index contributed by atoms with van der Waals surface area (Å²) in [5.41, 5.74) is 0. The summed E-state index contributed by atoms with van der Waals surface area (Å²) in [5, 5.41) is 28.2. The SMILES string of the molecule is Oc1ccc(OCCCCCCCCCCCOc2cc(OCCCCCCCCCCCOc3ccc(O)cc3)cc(OCCCCCCCCCCCOc3ccc(O)cc3)c2)cc1. The molecule has 0 amide bonds. The predicted octanol–water partition coefficient (Wildman–Crippen LogP) is 15.7. The molecule has 0 aliphatic heterocycles. The number of aromatic hydroxyl groups is 3. The van der Waals surface area contributed by atoms with E-state index in [0.717, 1.165) is 92.8 Å². The first-order chi connectivity index (χ1) is 32.5. The maximum absolute atomic E-state index is 9.40. The molecule has 0 heterocycles. The van der Waals surface area contributed by atoms with E-state index in [-0.39, 0.29) is 17.2 Å². The van der Waals surface area contributed by atoms with Crippen LogP contribution in [0.2, 0.25) is 0 Å². The molecule has 4 aromatic carbocycles. The molecule has 4 rings (SSSR count). The van der Waals surface area contributed by atoms with Crippen molar-refractivity contribution in [3.8, 4) is 51.7 Å². The van der Waals surface area contributed by atoms with Gasteiger partial charge in [0, 0.05) is 18.2 Å². The maximum atomic E-state index is 9.40. The second kappa shape index (κ2) is 36.2. The molecule has 0 saturated heterocycles. The fraction of sp³-hybridized carbons (Fsp3) is 0.579. The van der Waals surface area contributed by atoms with Crippen LogP contribution >= 0.6 is 0 Å². The van der Waals surface area contributed by atoms with E-state index in [0.29, 0.717) is 19.8 Å². The van der Waals surface area contributed by atoms with E-state index in [9.17, 15) is 15.3 Å². The van der Waals surface area contributed by atoms with Crippen LogP contribution in [0.15, 0.2) is 91.0 Å². The number of phenols is 3. The first-order valence-electron chi connectivity index (χ1n) is 25.8. The highest BCUT2D eigenvalue weighted by atomic mass is 16.5. The van der Waals surface area contributed by atoms with Gasteiger partial charge in [-0.15, -0.1) is 0 Å². The highest BCUT2D eigenvalue weighted by molar-refractivity contribution is 5.42. The van der Waals surface area contributed by atoms with Gasteiger partial charge in [-0.1, -0.05) is 135 Å². The Kier molecular flexibility index (Phi) is 29.5. The molecular weight excluding hydrogens is 829 g/mol. The number of benzene rings is 4. The fourth-order valence-corrected chi connectivity index (χ4v) is 7.89. The molecular formula is C57H84O9. The van der Waals surface area contributed by atoms with Crippen LogP contribution in [0.1, 0.15) is 173 Å². The monoisotopic (exact) mass is 913 g/mol. The van der Waals surface area contributed by atoms with Gasteiger partial charge in [-0.2, -0.15) is 0 Å². The van der Waals surface area contributed by atoms with E-state index in [1.807, 2.05) is 54.6 Å². The van der Waals surface area contributed by atoms with Crippen molar-refractivity contribution in [1.29, 1.82) is 0 Å². The van der Waals surface area contributed by atoms with E-state index in [1.165, 1.54) is 135 Å². The lowest BCUT2D eigenvalue weighted by molar-refractivity contribution is 0.275. The molecule has 0 aliphatic rings. The van der Waals surface area contributed by atoms with Crippen molar-refractivity contribution in [3.63, 3.8) is 0 Å². The van der Waals surface area contributed by atoms with Crippen LogP contribution in [0.3, 0.4) is 0 Å². The molecule has 0 bridgehead atoms. The maximum Gasteiger partial charge on any atom is 0.126 e. The summed E-state index contributed by atoms with van der Waals surface area (Å²) in [6.07, 6.45) is 32.3. The van der Waals surface area contributed by atoms with Crippen LogP contribution in [-0.2, 0) is 0 Å². The topological polar surface area (TPSA) is 116 Å². The first-order valence-corrected chi connectivity index (χ1v) is 25.8. The van der Waals surface area contributed by atoms with Crippen molar-refractivity contribution in [2.75, 3.05) is 39.6 Å². The highest BCUT2D eigenvalue weighted by Gasteiger charge is 2.07. The van der Waals surface area contributed by atoms with Crippen molar-refractivity contribution < 1.29 is 43.7 Å². The summed E-state index contributed by atoms with van der Waals surface area (Å²) >= 11 is 0. The van der Waals surface area contributed by atoms with Gasteiger partial charge in [0.05, 0.1) is 39.6 Å². The van der Waals surface area contributed by atoms with Crippen LogP contribution < -0.4 is 28.4 Å². The minimum atomic E-state index is 0.266. The van der Waals surface area contributed by atoms with E-state index < -0.39 is 0 Å². The number of phenolic OH excluding ortho intramolecular Hbond substituents is 3. The molecule has 366 valence electrons. The quantitative estimate of drug-likeness (QED) is 0.0374. The molecule has 9 nitrogen and oxygen atoms in total. The summed E-state index contributed by atoms with van der Waals surface area (Å²) in [6, 6.07) is 26.9. The number of hydrogen-bond acceptors (Lipinski definition) is 9. The summed E-state index contributed by atoms with van der Waals surface area (Å²) in [5.74, 6) is 5.74. The standard InChI is InChI=1S/C57H84O9/c58-49-28-34-52(35-29-49)61-40-22-16-10-4-1-7-13-19-25-43-64-55-46-56(65-44-26-20-14-8-2-5-11-17-23-41-62-53-36-30-50(59)31-37-53)48-57(47-55)66-45-27-21-15-9-3-6-12-18-24-42-63-54-38-32-51(60)33-39-54/h28-39,46-48,58-60H,1-27,40-45H2. The Morgan fingerprint density at radius 2 is 0.348 bits per heavy atom. The molecule has 4 aromatic rings. The lowest BCUT2D eigenvalue weighted by Crippen LogP contribution is -2.02. The zero-order chi connectivity index (χ0) is 46.4. The zero-order valence-corrected chi connectivity index (χ0v) is 40.3. The van der Waals surface area contributed by atoms with Gasteiger partial charge in [0.25, 0.3) is 0 Å². The number of ether oxygens (including phenoxy) is 6. The molecule has 0 aromatic heterocycles. The van der Waals surface area contributed by atoms with Gasteiger partial charge in [0.2, 0.25) is 0 Å². The third kappa shape index (κ3) is 27.5. The average Bonchev–Trinajstić information content (AvgIpc) is 3.32. The number of rotatable bonds is 42. The molecule has 0 saturated carbocycles. The van der Waals surface area contributed by atoms with Crippen LogP contribution in [0, 0.1) is 0 Å². The van der Waals surface area contributed by atoms with Gasteiger partial charge in [-0.05, 0) is 111 Å². The molecule has 0 aliphatic carbocycles. The lowest BCUT2D eigenvalue weighted by Gasteiger charge is -2.13.